The Morgan fingerprint density at radius 1 is 0.925 bits per heavy atom. The molecular weight excluding hydrogens is 571 g/mol. The molecule has 0 bridgehead atoms. The zero-order valence-electron chi connectivity index (χ0n) is 22.2. The number of carbonyl (C=O) groups excluding carboxylic acids is 5. The van der Waals surface area contributed by atoms with Crippen molar-refractivity contribution >= 4 is 49.0 Å². The summed E-state index contributed by atoms with van der Waals surface area (Å²) in [6.07, 6.45) is -4.39. The molecule has 2 atom stereocenters. The molecule has 40 heavy (non-hydrogen) atoms. The molecule has 0 radical (unpaired) electrons. The largest absolute Gasteiger partial charge is 0.440 e. The van der Waals surface area contributed by atoms with Crippen molar-refractivity contribution in [1.82, 2.24) is 10.0 Å². The molecule has 15 heteroatoms. The van der Waals surface area contributed by atoms with Crippen molar-refractivity contribution in [1.29, 1.82) is 0 Å². The van der Waals surface area contributed by atoms with Crippen molar-refractivity contribution in [2.75, 3.05) is 6.66 Å². The van der Waals surface area contributed by atoms with Crippen LogP contribution in [-0.4, -0.2) is 63.3 Å². The van der Waals surface area contributed by atoms with Crippen molar-refractivity contribution in [3.05, 3.63) is 70.7 Å². The number of esters is 1. The standard InChI is InChI=1S/C25H28ClN2O11P/c1-6-19(29)36-23(22(32)38-39-40(5,34)35)37-24(33)27(20(30)17-12-14-18(26)15-13-17)28(25(2,3)4)21(31)16-10-8-7-9-11-16/h7-15,23H,6H2,1-5H3,(H,34,35). The first-order chi connectivity index (χ1) is 18.5. The van der Waals surface area contributed by atoms with Crippen LogP contribution in [0.2, 0.25) is 5.02 Å². The lowest BCUT2D eigenvalue weighted by Gasteiger charge is -2.41. The summed E-state index contributed by atoms with van der Waals surface area (Å²) in [5.74, 6) is -4.61. The third kappa shape index (κ3) is 9.16. The minimum atomic E-state index is -4.35. The van der Waals surface area contributed by atoms with E-state index in [9.17, 15) is 33.4 Å². The summed E-state index contributed by atoms with van der Waals surface area (Å²) in [7, 11) is -4.35. The number of hydrazine groups is 1. The average Bonchev–Trinajstić information content (AvgIpc) is 2.88. The molecule has 2 aromatic rings. The number of imide groups is 1. The number of amides is 3. The molecule has 3 amide bonds. The highest BCUT2D eigenvalue weighted by molar-refractivity contribution is 7.51. The molecule has 0 saturated heterocycles. The van der Waals surface area contributed by atoms with Crippen LogP contribution >= 0.6 is 19.2 Å². The number of ether oxygens (including phenoxy) is 2. The van der Waals surface area contributed by atoms with E-state index in [2.05, 4.69) is 9.56 Å². The Hall–Kier alpha value is -3.77. The van der Waals surface area contributed by atoms with Crippen LogP contribution in [-0.2, 0) is 33.2 Å². The summed E-state index contributed by atoms with van der Waals surface area (Å²) in [5, 5.41) is 1.41. The van der Waals surface area contributed by atoms with Gasteiger partial charge in [-0.1, -0.05) is 41.4 Å². The van der Waals surface area contributed by atoms with Gasteiger partial charge in [0, 0.05) is 29.2 Å². The predicted molar refractivity (Wildman–Crippen MR) is 140 cm³/mol. The zero-order chi connectivity index (χ0) is 30.3. The van der Waals surface area contributed by atoms with E-state index in [0.717, 1.165) is 5.01 Å². The fourth-order valence-corrected chi connectivity index (χ4v) is 3.32. The summed E-state index contributed by atoms with van der Waals surface area (Å²) in [6, 6.07) is 13.0. The van der Waals surface area contributed by atoms with E-state index >= 15 is 0 Å². The third-order valence-electron chi connectivity index (χ3n) is 4.69. The van der Waals surface area contributed by atoms with E-state index in [1.807, 2.05) is 0 Å². The minimum Gasteiger partial charge on any atom is -0.414 e. The van der Waals surface area contributed by atoms with Gasteiger partial charge in [-0.15, -0.1) is 5.01 Å². The molecule has 0 heterocycles. The van der Waals surface area contributed by atoms with Crippen LogP contribution in [0.1, 0.15) is 54.8 Å². The Morgan fingerprint density at radius 2 is 1.48 bits per heavy atom. The predicted octanol–water partition coefficient (Wildman–Crippen LogP) is 4.34. The second-order valence-corrected chi connectivity index (χ2v) is 11.3. The average molecular weight is 599 g/mol. The van der Waals surface area contributed by atoms with Gasteiger partial charge in [-0.2, -0.15) is 0 Å². The Balaban J connectivity index is 2.59. The molecule has 1 N–H and O–H groups in total. The molecule has 2 rings (SSSR count). The number of hydrogen-bond donors (Lipinski definition) is 1. The fourth-order valence-electron chi connectivity index (χ4n) is 2.98. The maximum Gasteiger partial charge on any atom is 0.440 e. The van der Waals surface area contributed by atoms with Crippen LogP contribution in [0.15, 0.2) is 54.6 Å². The van der Waals surface area contributed by atoms with Gasteiger partial charge in [0.1, 0.15) is 0 Å². The van der Waals surface area contributed by atoms with Crippen LogP contribution in [0, 0.1) is 0 Å². The maximum absolute atomic E-state index is 13.7. The minimum absolute atomic E-state index is 0.0996. The van der Waals surface area contributed by atoms with E-state index < -0.39 is 49.3 Å². The lowest BCUT2D eigenvalue weighted by Crippen LogP contribution is -2.61. The van der Waals surface area contributed by atoms with Gasteiger partial charge < -0.3 is 14.4 Å². The van der Waals surface area contributed by atoms with Gasteiger partial charge in [-0.05, 0) is 57.2 Å². The van der Waals surface area contributed by atoms with Crippen molar-refractivity contribution < 1.29 is 52.5 Å². The molecule has 2 unspecified atom stereocenters. The van der Waals surface area contributed by atoms with Gasteiger partial charge in [0.25, 0.3) is 11.8 Å². The molecule has 0 aliphatic heterocycles. The van der Waals surface area contributed by atoms with Crippen LogP contribution in [0.5, 0.6) is 0 Å². The lowest BCUT2D eigenvalue weighted by molar-refractivity contribution is -0.244. The van der Waals surface area contributed by atoms with Crippen LogP contribution in [0.3, 0.4) is 0 Å². The number of benzene rings is 2. The van der Waals surface area contributed by atoms with Crippen LogP contribution < -0.4 is 0 Å². The second kappa shape index (κ2) is 13.5. The van der Waals surface area contributed by atoms with Gasteiger partial charge in [-0.25, -0.2) is 14.6 Å². The van der Waals surface area contributed by atoms with E-state index in [4.69, 9.17) is 21.1 Å². The van der Waals surface area contributed by atoms with E-state index in [1.165, 1.54) is 64.1 Å². The highest BCUT2D eigenvalue weighted by Crippen LogP contribution is 2.37. The normalized spacial score (nSPS) is 13.3. The highest BCUT2D eigenvalue weighted by Gasteiger charge is 2.43. The monoisotopic (exact) mass is 598 g/mol. The Kier molecular flexibility index (Phi) is 11.0. The molecule has 0 fully saturated rings. The Morgan fingerprint density at radius 3 is 1.98 bits per heavy atom. The molecule has 0 aromatic heterocycles. The number of halogens is 1. The smallest absolute Gasteiger partial charge is 0.414 e. The first kappa shape index (κ1) is 32.4. The van der Waals surface area contributed by atoms with Gasteiger partial charge in [0.05, 0.1) is 5.54 Å². The van der Waals surface area contributed by atoms with Crippen LogP contribution in [0.4, 0.5) is 4.79 Å². The van der Waals surface area contributed by atoms with Crippen molar-refractivity contribution in [2.45, 2.75) is 45.9 Å². The van der Waals surface area contributed by atoms with Gasteiger partial charge in [-0.3, -0.25) is 23.8 Å². The molecular formula is C25H28ClN2O11P. The number of rotatable bonds is 8. The first-order valence-electron chi connectivity index (χ1n) is 11.6. The quantitative estimate of drug-likeness (QED) is 0.151. The van der Waals surface area contributed by atoms with E-state index in [1.54, 1.807) is 18.2 Å². The van der Waals surface area contributed by atoms with Crippen molar-refractivity contribution in [3.63, 3.8) is 0 Å². The molecule has 13 nitrogen and oxygen atoms in total. The summed E-state index contributed by atoms with van der Waals surface area (Å²) in [6.45, 7) is 6.65. The Bertz CT molecular complexity index is 1290. The molecule has 2 aromatic carbocycles. The molecule has 0 spiro atoms. The van der Waals surface area contributed by atoms with Crippen molar-refractivity contribution in [3.8, 4) is 0 Å². The van der Waals surface area contributed by atoms with Gasteiger partial charge in [0.15, 0.2) is 0 Å². The lowest BCUT2D eigenvalue weighted by atomic mass is 10.1. The zero-order valence-corrected chi connectivity index (χ0v) is 23.9. The highest BCUT2D eigenvalue weighted by atomic mass is 35.5. The Labute approximate surface area is 234 Å². The van der Waals surface area contributed by atoms with E-state index in [-0.39, 0.29) is 22.6 Å². The summed E-state index contributed by atoms with van der Waals surface area (Å²) >= 11 is 5.92. The summed E-state index contributed by atoms with van der Waals surface area (Å²) in [4.78, 5) is 78.7. The van der Waals surface area contributed by atoms with E-state index in [0.29, 0.717) is 11.7 Å². The summed E-state index contributed by atoms with van der Waals surface area (Å²) < 4.78 is 25.3. The first-order valence-corrected chi connectivity index (χ1v) is 14.1. The summed E-state index contributed by atoms with van der Waals surface area (Å²) in [5.41, 5.74) is -1.25. The van der Waals surface area contributed by atoms with Gasteiger partial charge >= 0.3 is 31.9 Å². The van der Waals surface area contributed by atoms with Gasteiger partial charge in [0.2, 0.25) is 0 Å². The van der Waals surface area contributed by atoms with Crippen molar-refractivity contribution in [2.24, 2.45) is 0 Å². The number of hydrogen-bond acceptors (Lipinski definition) is 10. The second-order valence-electron chi connectivity index (χ2n) is 9.12. The topological polar surface area (TPSA) is 166 Å². The fraction of sp³-hybridized carbons (Fsp3) is 0.320. The number of nitrogens with zero attached hydrogens (tertiary/aromatic N) is 2. The molecule has 216 valence electrons. The van der Waals surface area contributed by atoms with Crippen LogP contribution in [0.25, 0.3) is 0 Å². The molecule has 0 aliphatic carbocycles. The maximum atomic E-state index is 13.7. The molecule has 0 saturated carbocycles. The molecule has 0 aliphatic rings. The number of carbonyl (C=O) groups is 5. The SMILES string of the molecule is CCC(=O)OC(OC(=O)N(C(=O)c1ccc(Cl)cc1)N(C(=O)c1ccccc1)C(C)(C)C)C(=O)OOP(C)(=O)O. The third-order valence-corrected chi connectivity index (χ3v) is 5.29.